The summed E-state index contributed by atoms with van der Waals surface area (Å²) in [5.74, 6) is 0.0532. The van der Waals surface area contributed by atoms with E-state index in [0.717, 1.165) is 5.56 Å². The largest absolute Gasteiger partial charge is 0.391 e. The number of likely N-dealkylation sites (tertiary alicyclic amines) is 1. The highest BCUT2D eigenvalue weighted by atomic mass is 16.5. The van der Waals surface area contributed by atoms with Gasteiger partial charge in [-0.1, -0.05) is 0 Å². The van der Waals surface area contributed by atoms with Crippen molar-refractivity contribution in [3.05, 3.63) is 30.1 Å². The van der Waals surface area contributed by atoms with Crippen LogP contribution in [0.5, 0.6) is 0 Å². The SMILES string of the molecule is COCCC(=O)N1CC[C@@H](O)[C@H]1Cc1ccncc1. The number of carbonyl (C=O) groups excluding carboxylic acids is 1. The van der Waals surface area contributed by atoms with Crippen molar-refractivity contribution in [2.75, 3.05) is 20.3 Å². The van der Waals surface area contributed by atoms with Gasteiger partial charge >= 0.3 is 0 Å². The normalized spacial score (nSPS) is 22.7. The number of methoxy groups -OCH3 is 1. The van der Waals surface area contributed by atoms with Gasteiger partial charge in [-0.2, -0.15) is 0 Å². The number of ether oxygens (including phenoxy) is 1. The molecule has 1 aliphatic heterocycles. The molecule has 5 nitrogen and oxygen atoms in total. The van der Waals surface area contributed by atoms with Crippen LogP contribution >= 0.6 is 0 Å². The number of carbonyl (C=O) groups is 1. The van der Waals surface area contributed by atoms with Gasteiger partial charge in [0, 0.05) is 26.0 Å². The number of nitrogens with zero attached hydrogens (tertiary/aromatic N) is 2. The van der Waals surface area contributed by atoms with Gasteiger partial charge in [0.1, 0.15) is 0 Å². The van der Waals surface area contributed by atoms with Crippen molar-refractivity contribution in [1.82, 2.24) is 9.88 Å². The van der Waals surface area contributed by atoms with E-state index in [0.29, 0.717) is 32.4 Å². The fourth-order valence-corrected chi connectivity index (χ4v) is 2.49. The Bertz CT molecular complexity index is 410. The van der Waals surface area contributed by atoms with E-state index in [1.54, 1.807) is 24.4 Å². The van der Waals surface area contributed by atoms with Crippen LogP contribution in [0, 0.1) is 0 Å². The topological polar surface area (TPSA) is 62.7 Å². The summed E-state index contributed by atoms with van der Waals surface area (Å²) in [5, 5.41) is 10.1. The first-order valence-electron chi connectivity index (χ1n) is 6.57. The number of aromatic nitrogens is 1. The van der Waals surface area contributed by atoms with Gasteiger partial charge in [0.2, 0.25) is 5.91 Å². The molecule has 0 aromatic carbocycles. The molecule has 2 rings (SSSR count). The molecule has 1 amide bonds. The summed E-state index contributed by atoms with van der Waals surface area (Å²) in [4.78, 5) is 17.8. The van der Waals surface area contributed by atoms with Crippen LogP contribution in [0.1, 0.15) is 18.4 Å². The standard InChI is InChI=1S/C14H20N2O3/c1-19-9-5-14(18)16-8-4-13(17)12(16)10-11-2-6-15-7-3-11/h2-3,6-7,12-13,17H,4-5,8-10H2,1H3/t12-,13-/m1/s1. The van der Waals surface area contributed by atoms with Crippen LogP contribution in [0.3, 0.4) is 0 Å². The van der Waals surface area contributed by atoms with Crippen LogP contribution in [-0.2, 0) is 16.0 Å². The Balaban J connectivity index is 2.01. The molecule has 0 radical (unpaired) electrons. The number of aliphatic hydroxyl groups excluding tert-OH is 1. The minimum Gasteiger partial charge on any atom is -0.391 e. The molecule has 1 saturated heterocycles. The first-order chi connectivity index (χ1) is 9.22. The molecule has 1 aromatic rings. The molecule has 19 heavy (non-hydrogen) atoms. The average Bonchev–Trinajstić information content (AvgIpc) is 2.79. The summed E-state index contributed by atoms with van der Waals surface area (Å²) in [6.45, 7) is 1.05. The molecule has 0 bridgehead atoms. The van der Waals surface area contributed by atoms with E-state index in [4.69, 9.17) is 4.74 Å². The zero-order valence-corrected chi connectivity index (χ0v) is 11.2. The zero-order valence-electron chi connectivity index (χ0n) is 11.2. The number of aliphatic hydroxyl groups is 1. The Labute approximate surface area is 113 Å². The molecular weight excluding hydrogens is 244 g/mol. The lowest BCUT2D eigenvalue weighted by Gasteiger charge is -2.26. The third-order valence-electron chi connectivity index (χ3n) is 3.54. The van der Waals surface area contributed by atoms with E-state index in [2.05, 4.69) is 4.98 Å². The van der Waals surface area contributed by atoms with Crippen LogP contribution < -0.4 is 0 Å². The molecule has 5 heteroatoms. The van der Waals surface area contributed by atoms with Gasteiger partial charge in [-0.3, -0.25) is 9.78 Å². The van der Waals surface area contributed by atoms with Crippen LogP contribution in [0.2, 0.25) is 0 Å². The van der Waals surface area contributed by atoms with Gasteiger partial charge in [-0.25, -0.2) is 0 Å². The lowest BCUT2D eigenvalue weighted by molar-refractivity contribution is -0.133. The molecule has 104 valence electrons. The van der Waals surface area contributed by atoms with E-state index in [1.165, 1.54) is 0 Å². The van der Waals surface area contributed by atoms with Crippen molar-refractivity contribution < 1.29 is 14.6 Å². The predicted molar refractivity (Wildman–Crippen MR) is 70.6 cm³/mol. The van der Waals surface area contributed by atoms with E-state index in [1.807, 2.05) is 12.1 Å². The number of amides is 1. The smallest absolute Gasteiger partial charge is 0.225 e. The molecule has 1 aliphatic rings. The molecule has 2 heterocycles. The van der Waals surface area contributed by atoms with Gasteiger partial charge in [0.25, 0.3) is 0 Å². The van der Waals surface area contributed by atoms with Gasteiger partial charge in [0.05, 0.1) is 25.2 Å². The minimum absolute atomic E-state index is 0.0532. The molecule has 1 aromatic heterocycles. The summed E-state index contributed by atoms with van der Waals surface area (Å²) in [7, 11) is 1.58. The lowest BCUT2D eigenvalue weighted by atomic mass is 10.0. The van der Waals surface area contributed by atoms with Gasteiger partial charge in [0.15, 0.2) is 0 Å². The highest BCUT2D eigenvalue weighted by Crippen LogP contribution is 2.22. The Morgan fingerprint density at radius 2 is 2.26 bits per heavy atom. The summed E-state index contributed by atoms with van der Waals surface area (Å²) in [6.07, 6.45) is 4.70. The number of hydrogen-bond donors (Lipinski definition) is 1. The molecular formula is C14H20N2O3. The van der Waals surface area contributed by atoms with E-state index in [-0.39, 0.29) is 11.9 Å². The molecule has 0 aliphatic carbocycles. The van der Waals surface area contributed by atoms with Crippen molar-refractivity contribution in [2.45, 2.75) is 31.4 Å². The predicted octanol–water partition coefficient (Wildman–Crippen LogP) is 0.622. The Morgan fingerprint density at radius 3 is 2.95 bits per heavy atom. The lowest BCUT2D eigenvalue weighted by Crippen LogP contribution is -2.41. The fraction of sp³-hybridized carbons (Fsp3) is 0.571. The van der Waals surface area contributed by atoms with Gasteiger partial charge in [-0.05, 0) is 30.5 Å². The molecule has 0 spiro atoms. The van der Waals surface area contributed by atoms with Crippen LogP contribution in [-0.4, -0.2) is 53.3 Å². The first kappa shape index (κ1) is 14.0. The molecule has 1 N–H and O–H groups in total. The molecule has 1 fully saturated rings. The van der Waals surface area contributed by atoms with Crippen molar-refractivity contribution in [3.63, 3.8) is 0 Å². The molecule has 2 atom stereocenters. The zero-order chi connectivity index (χ0) is 13.7. The second-order valence-electron chi connectivity index (χ2n) is 4.81. The highest BCUT2D eigenvalue weighted by Gasteiger charge is 2.35. The maximum absolute atomic E-state index is 12.1. The van der Waals surface area contributed by atoms with Gasteiger partial charge < -0.3 is 14.7 Å². The maximum atomic E-state index is 12.1. The summed E-state index contributed by atoms with van der Waals surface area (Å²) < 4.78 is 4.93. The minimum atomic E-state index is -0.445. The summed E-state index contributed by atoms with van der Waals surface area (Å²) in [5.41, 5.74) is 1.09. The summed E-state index contributed by atoms with van der Waals surface area (Å²) in [6, 6.07) is 3.71. The number of pyridine rings is 1. The fourth-order valence-electron chi connectivity index (χ4n) is 2.49. The number of hydrogen-bond acceptors (Lipinski definition) is 4. The van der Waals surface area contributed by atoms with Crippen molar-refractivity contribution in [1.29, 1.82) is 0 Å². The monoisotopic (exact) mass is 264 g/mol. The molecule has 0 saturated carbocycles. The van der Waals surface area contributed by atoms with E-state index < -0.39 is 6.10 Å². The molecule has 0 unspecified atom stereocenters. The van der Waals surface area contributed by atoms with Crippen molar-refractivity contribution in [3.8, 4) is 0 Å². The maximum Gasteiger partial charge on any atom is 0.225 e. The Morgan fingerprint density at radius 1 is 1.53 bits per heavy atom. The third kappa shape index (κ3) is 3.52. The van der Waals surface area contributed by atoms with Crippen LogP contribution in [0.4, 0.5) is 0 Å². The highest BCUT2D eigenvalue weighted by molar-refractivity contribution is 5.77. The van der Waals surface area contributed by atoms with Crippen molar-refractivity contribution >= 4 is 5.91 Å². The first-order valence-corrected chi connectivity index (χ1v) is 6.57. The Kier molecular flexibility index (Phi) is 4.87. The second-order valence-corrected chi connectivity index (χ2v) is 4.81. The average molecular weight is 264 g/mol. The Hall–Kier alpha value is -1.46. The van der Waals surface area contributed by atoms with Crippen molar-refractivity contribution in [2.24, 2.45) is 0 Å². The van der Waals surface area contributed by atoms with Gasteiger partial charge in [-0.15, -0.1) is 0 Å². The number of rotatable bonds is 5. The summed E-state index contributed by atoms with van der Waals surface area (Å²) >= 11 is 0. The van der Waals surface area contributed by atoms with E-state index in [9.17, 15) is 9.90 Å². The second kappa shape index (κ2) is 6.63. The van der Waals surface area contributed by atoms with Crippen LogP contribution in [0.15, 0.2) is 24.5 Å². The van der Waals surface area contributed by atoms with E-state index >= 15 is 0 Å². The third-order valence-corrected chi connectivity index (χ3v) is 3.54. The quantitative estimate of drug-likeness (QED) is 0.847. The van der Waals surface area contributed by atoms with Crippen LogP contribution in [0.25, 0.3) is 0 Å².